The number of hydrogen-bond acceptors (Lipinski definition) is 4. The van der Waals surface area contributed by atoms with Crippen molar-refractivity contribution in [2.75, 3.05) is 12.0 Å². The van der Waals surface area contributed by atoms with Crippen LogP contribution in [0, 0.1) is 17.2 Å². The molecule has 2 heterocycles. The SMILES string of the molecule is COC(=O)C1CCC2CCC1N2c1ccc(C#N)c2ccccc12. The lowest BCUT2D eigenvalue weighted by Gasteiger charge is -2.41. The zero-order valence-electron chi connectivity index (χ0n) is 13.7. The Morgan fingerprint density at radius 3 is 2.62 bits per heavy atom. The number of carbonyl (C=O) groups excluding carboxylic acids is 1. The highest BCUT2D eigenvalue weighted by atomic mass is 16.5. The van der Waals surface area contributed by atoms with Crippen LogP contribution in [-0.2, 0) is 9.53 Å². The first-order valence-electron chi connectivity index (χ1n) is 8.52. The van der Waals surface area contributed by atoms with Gasteiger partial charge in [-0.3, -0.25) is 4.79 Å². The minimum atomic E-state index is -0.0942. The summed E-state index contributed by atoms with van der Waals surface area (Å²) in [7, 11) is 1.48. The minimum Gasteiger partial charge on any atom is -0.469 e. The van der Waals surface area contributed by atoms with Gasteiger partial charge in [0, 0.05) is 28.5 Å². The number of esters is 1. The van der Waals surface area contributed by atoms with Crippen molar-refractivity contribution in [3.05, 3.63) is 42.0 Å². The van der Waals surface area contributed by atoms with Crippen molar-refractivity contribution in [3.63, 3.8) is 0 Å². The van der Waals surface area contributed by atoms with Gasteiger partial charge in [0.05, 0.1) is 24.7 Å². The van der Waals surface area contributed by atoms with E-state index in [-0.39, 0.29) is 17.9 Å². The number of rotatable bonds is 2. The largest absolute Gasteiger partial charge is 0.469 e. The van der Waals surface area contributed by atoms with Gasteiger partial charge in [-0.25, -0.2) is 0 Å². The fraction of sp³-hybridized carbons (Fsp3) is 0.400. The molecule has 0 aliphatic carbocycles. The first-order valence-corrected chi connectivity index (χ1v) is 8.52. The maximum Gasteiger partial charge on any atom is 0.310 e. The number of fused-ring (bicyclic) bond motifs is 3. The molecule has 0 radical (unpaired) electrons. The van der Waals surface area contributed by atoms with Crippen molar-refractivity contribution >= 4 is 22.4 Å². The molecule has 2 saturated heterocycles. The summed E-state index contributed by atoms with van der Waals surface area (Å²) in [5.74, 6) is -0.147. The van der Waals surface area contributed by atoms with Gasteiger partial charge in [0.2, 0.25) is 0 Å². The van der Waals surface area contributed by atoms with Crippen molar-refractivity contribution < 1.29 is 9.53 Å². The number of carbonyl (C=O) groups is 1. The molecule has 0 aromatic heterocycles. The molecule has 24 heavy (non-hydrogen) atoms. The number of hydrogen-bond donors (Lipinski definition) is 0. The van der Waals surface area contributed by atoms with Crippen LogP contribution in [0.1, 0.15) is 31.2 Å². The maximum atomic E-state index is 12.2. The van der Waals surface area contributed by atoms with Crippen LogP contribution in [-0.4, -0.2) is 25.2 Å². The number of methoxy groups -OCH3 is 1. The number of benzene rings is 2. The third-order valence-electron chi connectivity index (χ3n) is 5.63. The van der Waals surface area contributed by atoms with Gasteiger partial charge in [-0.05, 0) is 37.8 Å². The third kappa shape index (κ3) is 2.16. The van der Waals surface area contributed by atoms with Crippen LogP contribution in [0.5, 0.6) is 0 Å². The van der Waals surface area contributed by atoms with E-state index < -0.39 is 0 Å². The predicted octanol–water partition coefficient (Wildman–Crippen LogP) is 3.63. The summed E-state index contributed by atoms with van der Waals surface area (Å²) in [5.41, 5.74) is 1.84. The summed E-state index contributed by atoms with van der Waals surface area (Å²) < 4.78 is 5.04. The monoisotopic (exact) mass is 320 g/mol. The Kier molecular flexibility index (Phi) is 3.65. The van der Waals surface area contributed by atoms with E-state index >= 15 is 0 Å². The minimum absolute atomic E-state index is 0.0526. The molecule has 0 N–H and O–H groups in total. The fourth-order valence-corrected chi connectivity index (χ4v) is 4.56. The first-order chi connectivity index (χ1) is 11.7. The van der Waals surface area contributed by atoms with Crippen molar-refractivity contribution in [3.8, 4) is 6.07 Å². The van der Waals surface area contributed by atoms with Gasteiger partial charge in [-0.2, -0.15) is 5.26 Å². The van der Waals surface area contributed by atoms with E-state index in [0.717, 1.165) is 42.1 Å². The van der Waals surface area contributed by atoms with Gasteiger partial charge in [-0.15, -0.1) is 0 Å². The Morgan fingerprint density at radius 2 is 1.88 bits per heavy atom. The van der Waals surface area contributed by atoms with Gasteiger partial charge in [0.1, 0.15) is 0 Å². The van der Waals surface area contributed by atoms with Gasteiger partial charge < -0.3 is 9.64 Å². The van der Waals surface area contributed by atoms with Gasteiger partial charge >= 0.3 is 5.97 Å². The van der Waals surface area contributed by atoms with E-state index in [2.05, 4.69) is 17.0 Å². The molecular weight excluding hydrogens is 300 g/mol. The molecule has 4 rings (SSSR count). The molecule has 4 nitrogen and oxygen atoms in total. The molecule has 2 bridgehead atoms. The molecule has 2 aliphatic heterocycles. The molecule has 3 atom stereocenters. The van der Waals surface area contributed by atoms with E-state index in [4.69, 9.17) is 4.74 Å². The molecule has 2 fully saturated rings. The number of nitriles is 1. The van der Waals surface area contributed by atoms with Crippen molar-refractivity contribution in [1.82, 2.24) is 0 Å². The molecule has 3 unspecified atom stereocenters. The molecule has 2 aromatic carbocycles. The Morgan fingerprint density at radius 1 is 1.12 bits per heavy atom. The number of ether oxygens (including phenoxy) is 1. The van der Waals surface area contributed by atoms with Crippen LogP contribution in [0.3, 0.4) is 0 Å². The van der Waals surface area contributed by atoms with Crippen LogP contribution in [0.25, 0.3) is 10.8 Å². The molecular formula is C20H20N2O2. The highest BCUT2D eigenvalue weighted by molar-refractivity contribution is 5.98. The summed E-state index contributed by atoms with van der Waals surface area (Å²) in [6, 6.07) is 15.0. The lowest BCUT2D eigenvalue weighted by Crippen LogP contribution is -2.47. The highest BCUT2D eigenvalue weighted by Crippen LogP contribution is 2.44. The molecule has 0 amide bonds. The number of nitrogens with zero attached hydrogens (tertiary/aromatic N) is 2. The second kappa shape index (κ2) is 5.83. The lowest BCUT2D eigenvalue weighted by atomic mass is 9.89. The molecule has 2 aliphatic rings. The van der Waals surface area contributed by atoms with Gasteiger partial charge in [0.25, 0.3) is 0 Å². The topological polar surface area (TPSA) is 53.3 Å². The van der Waals surface area contributed by atoms with Crippen molar-refractivity contribution in [2.45, 2.75) is 37.8 Å². The molecule has 0 spiro atoms. The maximum absolute atomic E-state index is 12.2. The molecule has 4 heteroatoms. The smallest absolute Gasteiger partial charge is 0.310 e. The summed E-state index contributed by atoms with van der Waals surface area (Å²) in [5, 5.41) is 11.5. The van der Waals surface area contributed by atoms with Gasteiger partial charge in [-0.1, -0.05) is 24.3 Å². The van der Waals surface area contributed by atoms with E-state index in [0.29, 0.717) is 11.6 Å². The number of anilines is 1. The first kappa shape index (κ1) is 15.0. The van der Waals surface area contributed by atoms with Crippen LogP contribution < -0.4 is 4.90 Å². The van der Waals surface area contributed by atoms with Crippen LogP contribution >= 0.6 is 0 Å². The van der Waals surface area contributed by atoms with Crippen molar-refractivity contribution in [2.24, 2.45) is 5.92 Å². The summed E-state index contributed by atoms with van der Waals surface area (Å²) >= 11 is 0. The Balaban J connectivity index is 1.83. The summed E-state index contributed by atoms with van der Waals surface area (Å²) in [4.78, 5) is 14.6. The Bertz CT molecular complexity index is 839. The van der Waals surface area contributed by atoms with E-state index in [1.54, 1.807) is 0 Å². The van der Waals surface area contributed by atoms with E-state index in [9.17, 15) is 10.1 Å². The Labute approximate surface area is 141 Å². The fourth-order valence-electron chi connectivity index (χ4n) is 4.56. The third-order valence-corrected chi connectivity index (χ3v) is 5.63. The Hall–Kier alpha value is -2.54. The molecule has 0 saturated carbocycles. The molecule has 122 valence electrons. The predicted molar refractivity (Wildman–Crippen MR) is 92.7 cm³/mol. The summed E-state index contributed by atoms with van der Waals surface area (Å²) in [6.07, 6.45) is 4.07. The second-order valence-corrected chi connectivity index (χ2v) is 6.70. The van der Waals surface area contributed by atoms with Crippen LogP contribution in [0.15, 0.2) is 36.4 Å². The second-order valence-electron chi connectivity index (χ2n) is 6.70. The van der Waals surface area contributed by atoms with Crippen LogP contribution in [0.2, 0.25) is 0 Å². The summed E-state index contributed by atoms with van der Waals surface area (Å²) in [6.45, 7) is 0. The van der Waals surface area contributed by atoms with E-state index in [1.165, 1.54) is 7.11 Å². The lowest BCUT2D eigenvalue weighted by molar-refractivity contribution is -0.146. The quantitative estimate of drug-likeness (QED) is 0.793. The standard InChI is InChI=1S/C20H20N2O2/c1-24-20(23)17-9-7-14-8-11-19(17)22(14)18-10-6-13(12-21)15-4-2-3-5-16(15)18/h2-6,10,14,17,19H,7-9,11H2,1H3. The molecule has 2 aromatic rings. The highest BCUT2D eigenvalue weighted by Gasteiger charge is 2.46. The number of piperidine rings is 1. The average molecular weight is 320 g/mol. The zero-order valence-corrected chi connectivity index (χ0v) is 13.7. The van der Waals surface area contributed by atoms with Crippen LogP contribution in [0.4, 0.5) is 5.69 Å². The average Bonchev–Trinajstić information content (AvgIpc) is 2.92. The van der Waals surface area contributed by atoms with Crippen molar-refractivity contribution in [1.29, 1.82) is 5.26 Å². The van der Waals surface area contributed by atoms with E-state index in [1.807, 2.05) is 30.3 Å². The normalized spacial score (nSPS) is 25.5. The van der Waals surface area contributed by atoms with Gasteiger partial charge in [0.15, 0.2) is 0 Å². The zero-order chi connectivity index (χ0) is 16.7.